The molecule has 0 bridgehead atoms. The molecule has 1 aliphatic rings. The Morgan fingerprint density at radius 3 is 2.65 bits per heavy atom. The van der Waals surface area contributed by atoms with E-state index >= 15 is 0 Å². The third-order valence-corrected chi connectivity index (χ3v) is 4.67. The first kappa shape index (κ1) is 15.6. The number of carbonyl (C=O) groups excluding carboxylic acids is 1. The maximum absolute atomic E-state index is 12.3. The van der Waals surface area contributed by atoms with Gasteiger partial charge in [-0.05, 0) is 43.9 Å². The van der Waals surface area contributed by atoms with Gasteiger partial charge in [-0.2, -0.15) is 0 Å². The van der Waals surface area contributed by atoms with Crippen molar-refractivity contribution in [3.63, 3.8) is 0 Å². The molecule has 1 aliphatic heterocycles. The largest absolute Gasteiger partial charge is 0.325 e. The standard InChI is InChI=1S/C15H20Cl2N2O/c1-10-5-7-19(8-6-10)11(2)15(20)18-14-9-12(16)3-4-13(14)17/h3-4,9-11H,5-8H2,1-2H3,(H,18,20)/p+1/t11-/m1/s1. The average Bonchev–Trinajstić information content (AvgIpc) is 2.43. The number of amides is 1. The molecule has 1 atom stereocenters. The molecule has 1 saturated heterocycles. The van der Waals surface area contributed by atoms with Crippen LogP contribution >= 0.6 is 23.2 Å². The number of anilines is 1. The van der Waals surface area contributed by atoms with Crippen LogP contribution in [0.25, 0.3) is 0 Å². The maximum Gasteiger partial charge on any atom is 0.282 e. The molecular weight excluding hydrogens is 295 g/mol. The number of likely N-dealkylation sites (tertiary alicyclic amines) is 1. The van der Waals surface area contributed by atoms with Gasteiger partial charge in [0.1, 0.15) is 0 Å². The number of hydrogen-bond donors (Lipinski definition) is 2. The van der Waals surface area contributed by atoms with E-state index in [1.165, 1.54) is 17.7 Å². The van der Waals surface area contributed by atoms with Gasteiger partial charge in [0.05, 0.1) is 23.8 Å². The summed E-state index contributed by atoms with van der Waals surface area (Å²) in [6.07, 6.45) is 2.37. The van der Waals surface area contributed by atoms with E-state index in [1.807, 2.05) is 6.92 Å². The molecule has 20 heavy (non-hydrogen) atoms. The number of halogens is 2. The van der Waals surface area contributed by atoms with Crippen LogP contribution in [0, 0.1) is 5.92 Å². The van der Waals surface area contributed by atoms with Crippen LogP contribution in [0.15, 0.2) is 18.2 Å². The van der Waals surface area contributed by atoms with Gasteiger partial charge in [0.25, 0.3) is 5.91 Å². The summed E-state index contributed by atoms with van der Waals surface area (Å²) in [4.78, 5) is 13.7. The predicted octanol–water partition coefficient (Wildman–Crippen LogP) is 2.64. The van der Waals surface area contributed by atoms with Gasteiger partial charge in [0, 0.05) is 5.02 Å². The number of nitrogens with one attached hydrogen (secondary N) is 2. The Bertz CT molecular complexity index is 485. The van der Waals surface area contributed by atoms with E-state index in [-0.39, 0.29) is 11.9 Å². The fourth-order valence-corrected chi connectivity index (χ4v) is 2.92. The van der Waals surface area contributed by atoms with Crippen LogP contribution in [0.1, 0.15) is 26.7 Å². The minimum Gasteiger partial charge on any atom is -0.325 e. The summed E-state index contributed by atoms with van der Waals surface area (Å²) in [6, 6.07) is 5.01. The molecule has 0 aromatic heterocycles. The lowest BCUT2D eigenvalue weighted by atomic mass is 9.98. The minimum atomic E-state index is -0.0717. The van der Waals surface area contributed by atoms with Crippen LogP contribution in [0.3, 0.4) is 0 Å². The molecule has 1 heterocycles. The molecule has 110 valence electrons. The first-order valence-electron chi connectivity index (χ1n) is 7.08. The van der Waals surface area contributed by atoms with Gasteiger partial charge in [-0.1, -0.05) is 30.1 Å². The number of benzene rings is 1. The van der Waals surface area contributed by atoms with Crippen LogP contribution in [0.2, 0.25) is 10.0 Å². The highest BCUT2D eigenvalue weighted by Gasteiger charge is 2.28. The number of rotatable bonds is 3. The Morgan fingerprint density at radius 1 is 1.35 bits per heavy atom. The Morgan fingerprint density at radius 2 is 2.00 bits per heavy atom. The van der Waals surface area contributed by atoms with Crippen molar-refractivity contribution in [2.24, 2.45) is 5.92 Å². The molecule has 0 aliphatic carbocycles. The highest BCUT2D eigenvalue weighted by molar-refractivity contribution is 6.35. The van der Waals surface area contributed by atoms with Gasteiger partial charge in [0.15, 0.2) is 6.04 Å². The van der Waals surface area contributed by atoms with Crippen molar-refractivity contribution in [2.75, 3.05) is 18.4 Å². The van der Waals surface area contributed by atoms with Crippen LogP contribution in [0.4, 0.5) is 5.69 Å². The van der Waals surface area contributed by atoms with E-state index in [2.05, 4.69) is 12.2 Å². The highest BCUT2D eigenvalue weighted by Crippen LogP contribution is 2.25. The summed E-state index contributed by atoms with van der Waals surface area (Å²) in [7, 11) is 0. The fraction of sp³-hybridized carbons (Fsp3) is 0.533. The summed E-state index contributed by atoms with van der Waals surface area (Å²) >= 11 is 12.0. The summed E-state index contributed by atoms with van der Waals surface area (Å²) in [5.74, 6) is 0.773. The van der Waals surface area contributed by atoms with Crippen LogP contribution in [-0.4, -0.2) is 25.0 Å². The second kappa shape index (κ2) is 6.79. The normalized spacial score (nSPS) is 24.2. The smallest absolute Gasteiger partial charge is 0.282 e. The van der Waals surface area contributed by atoms with E-state index in [9.17, 15) is 4.79 Å². The second-order valence-electron chi connectivity index (χ2n) is 5.68. The molecule has 2 rings (SSSR count). The lowest BCUT2D eigenvalue weighted by Crippen LogP contribution is -3.17. The fourth-order valence-electron chi connectivity index (χ4n) is 2.59. The zero-order valence-electron chi connectivity index (χ0n) is 11.9. The summed E-state index contributed by atoms with van der Waals surface area (Å²) in [5.41, 5.74) is 0.584. The van der Waals surface area contributed by atoms with E-state index in [0.29, 0.717) is 15.7 Å². The van der Waals surface area contributed by atoms with E-state index in [4.69, 9.17) is 23.2 Å². The van der Waals surface area contributed by atoms with Gasteiger partial charge in [-0.3, -0.25) is 4.79 Å². The number of piperidine rings is 1. The van der Waals surface area contributed by atoms with Gasteiger partial charge in [-0.25, -0.2) is 0 Å². The van der Waals surface area contributed by atoms with Crippen molar-refractivity contribution in [1.82, 2.24) is 0 Å². The molecule has 0 spiro atoms. The topological polar surface area (TPSA) is 33.5 Å². The average molecular weight is 316 g/mol. The number of quaternary nitrogens is 1. The Labute approximate surface area is 130 Å². The summed E-state index contributed by atoms with van der Waals surface area (Å²) in [5, 5.41) is 3.96. The molecule has 2 N–H and O–H groups in total. The quantitative estimate of drug-likeness (QED) is 0.883. The van der Waals surface area contributed by atoms with Crippen LogP contribution in [0.5, 0.6) is 0 Å². The molecule has 5 heteroatoms. The third-order valence-electron chi connectivity index (χ3n) is 4.11. The highest BCUT2D eigenvalue weighted by atomic mass is 35.5. The van der Waals surface area contributed by atoms with Gasteiger partial charge in [0.2, 0.25) is 0 Å². The Hall–Kier alpha value is -0.770. The van der Waals surface area contributed by atoms with Crippen LogP contribution in [-0.2, 0) is 4.79 Å². The molecular formula is C15H21Cl2N2O+. The van der Waals surface area contributed by atoms with E-state index in [1.54, 1.807) is 18.2 Å². The molecule has 1 aromatic rings. The van der Waals surface area contributed by atoms with E-state index < -0.39 is 0 Å². The monoisotopic (exact) mass is 315 g/mol. The third kappa shape index (κ3) is 3.87. The van der Waals surface area contributed by atoms with Crippen LogP contribution < -0.4 is 10.2 Å². The van der Waals surface area contributed by atoms with Crippen molar-refractivity contribution >= 4 is 34.8 Å². The first-order valence-corrected chi connectivity index (χ1v) is 7.83. The molecule has 3 nitrogen and oxygen atoms in total. The minimum absolute atomic E-state index is 0.00119. The van der Waals surface area contributed by atoms with Crippen molar-refractivity contribution in [1.29, 1.82) is 0 Å². The second-order valence-corrected chi connectivity index (χ2v) is 6.52. The Balaban J connectivity index is 1.99. The molecule has 0 unspecified atom stereocenters. The van der Waals surface area contributed by atoms with Gasteiger partial charge >= 0.3 is 0 Å². The lowest BCUT2D eigenvalue weighted by Gasteiger charge is -2.31. The summed E-state index contributed by atoms with van der Waals surface area (Å²) < 4.78 is 0. The van der Waals surface area contributed by atoms with Crippen molar-refractivity contribution in [2.45, 2.75) is 32.7 Å². The number of carbonyl (C=O) groups is 1. The van der Waals surface area contributed by atoms with Gasteiger partial charge < -0.3 is 10.2 Å². The maximum atomic E-state index is 12.3. The molecule has 1 aromatic carbocycles. The van der Waals surface area contributed by atoms with E-state index in [0.717, 1.165) is 19.0 Å². The molecule has 0 saturated carbocycles. The Kier molecular flexibility index (Phi) is 5.30. The number of hydrogen-bond acceptors (Lipinski definition) is 1. The predicted molar refractivity (Wildman–Crippen MR) is 83.6 cm³/mol. The zero-order valence-corrected chi connectivity index (χ0v) is 13.4. The van der Waals surface area contributed by atoms with Crippen molar-refractivity contribution in [3.05, 3.63) is 28.2 Å². The lowest BCUT2D eigenvalue weighted by molar-refractivity contribution is -0.919. The van der Waals surface area contributed by atoms with Gasteiger partial charge in [-0.15, -0.1) is 0 Å². The molecule has 0 radical (unpaired) electrons. The molecule has 1 amide bonds. The zero-order chi connectivity index (χ0) is 14.7. The first-order chi connectivity index (χ1) is 9.47. The van der Waals surface area contributed by atoms with Crippen molar-refractivity contribution in [3.8, 4) is 0 Å². The SMILES string of the molecule is CC1CC[NH+]([C@H](C)C(=O)Nc2cc(Cl)ccc2Cl)CC1. The molecule has 1 fully saturated rings. The van der Waals surface area contributed by atoms with Crippen molar-refractivity contribution < 1.29 is 9.69 Å². The summed E-state index contributed by atoms with van der Waals surface area (Å²) in [6.45, 7) is 6.35.